The molecule has 1 heterocycles. The third-order valence-electron chi connectivity index (χ3n) is 11.8. The SMILES string of the molecule is CC1(C)c2ccccc2-c2c(N(c3ccc(-c4ccc5ccccc5c4)cc3)c3ccc(-c4cccc5oc6cc7ccccc7cc6c45)cc3)cccc21. The summed E-state index contributed by atoms with van der Waals surface area (Å²) in [5.41, 5.74) is 15.2. The van der Waals surface area contributed by atoms with Crippen LogP contribution in [0.15, 0.2) is 192 Å². The maximum absolute atomic E-state index is 6.44. The Labute approximate surface area is 320 Å². The number of rotatable bonds is 5. The van der Waals surface area contributed by atoms with E-state index in [0.29, 0.717) is 0 Å². The summed E-state index contributed by atoms with van der Waals surface area (Å²) in [4.78, 5) is 2.44. The van der Waals surface area contributed by atoms with Gasteiger partial charge >= 0.3 is 0 Å². The van der Waals surface area contributed by atoms with Gasteiger partial charge in [-0.25, -0.2) is 0 Å². The van der Waals surface area contributed by atoms with Crippen LogP contribution in [0.2, 0.25) is 0 Å². The lowest BCUT2D eigenvalue weighted by Crippen LogP contribution is -2.16. The van der Waals surface area contributed by atoms with Gasteiger partial charge in [0.2, 0.25) is 0 Å². The standard InChI is InChI=1S/C53H37NO/c1-53(2)46-17-8-7-15-44(46)52-47(53)18-10-19-48(52)54(41-27-23-35(24-28-41)40-22-21-34-11-3-4-12-37(34)31-40)42-29-25-36(26-30-42)43-16-9-20-49-51(43)45-32-38-13-5-6-14-39(38)33-50(45)55-49/h3-33H,1-2H3. The third kappa shape index (κ3) is 4.95. The summed E-state index contributed by atoms with van der Waals surface area (Å²) in [5.74, 6) is 0. The molecule has 2 heteroatoms. The fourth-order valence-electron chi connectivity index (χ4n) is 9.06. The molecular weight excluding hydrogens is 667 g/mol. The summed E-state index contributed by atoms with van der Waals surface area (Å²) in [5, 5.41) is 7.19. The number of nitrogens with zero attached hydrogens (tertiary/aromatic N) is 1. The van der Waals surface area contributed by atoms with E-state index in [1.165, 1.54) is 66.2 Å². The maximum Gasteiger partial charge on any atom is 0.136 e. The molecule has 2 nitrogen and oxygen atoms in total. The zero-order valence-corrected chi connectivity index (χ0v) is 30.8. The Morgan fingerprint density at radius 2 is 1.00 bits per heavy atom. The Balaban J connectivity index is 1.06. The average molecular weight is 704 g/mol. The first-order valence-corrected chi connectivity index (χ1v) is 19.1. The van der Waals surface area contributed by atoms with E-state index in [1.54, 1.807) is 0 Å². The first kappa shape index (κ1) is 31.6. The van der Waals surface area contributed by atoms with E-state index in [4.69, 9.17) is 4.42 Å². The molecule has 0 saturated heterocycles. The predicted molar refractivity (Wildman–Crippen MR) is 232 cm³/mol. The van der Waals surface area contributed by atoms with E-state index < -0.39 is 0 Å². The smallest absolute Gasteiger partial charge is 0.136 e. The molecule has 0 radical (unpaired) electrons. The molecule has 1 aromatic heterocycles. The molecule has 0 bridgehead atoms. The van der Waals surface area contributed by atoms with Gasteiger partial charge in [0.15, 0.2) is 0 Å². The summed E-state index contributed by atoms with van der Waals surface area (Å²) < 4.78 is 6.44. The van der Waals surface area contributed by atoms with Crippen molar-refractivity contribution >= 4 is 60.5 Å². The molecule has 11 rings (SSSR count). The molecule has 0 N–H and O–H groups in total. The van der Waals surface area contributed by atoms with Crippen molar-refractivity contribution in [3.05, 3.63) is 199 Å². The van der Waals surface area contributed by atoms with Crippen molar-refractivity contribution in [2.24, 2.45) is 0 Å². The summed E-state index contributed by atoms with van der Waals surface area (Å²) in [6, 6.07) is 68.5. The second-order valence-corrected chi connectivity index (χ2v) is 15.3. The van der Waals surface area contributed by atoms with Crippen LogP contribution in [0, 0.1) is 0 Å². The molecule has 0 saturated carbocycles. The lowest BCUT2D eigenvalue weighted by Gasteiger charge is -2.29. The van der Waals surface area contributed by atoms with Gasteiger partial charge in [-0.2, -0.15) is 0 Å². The van der Waals surface area contributed by atoms with E-state index >= 15 is 0 Å². The number of anilines is 3. The summed E-state index contributed by atoms with van der Waals surface area (Å²) in [6.45, 7) is 4.70. The van der Waals surface area contributed by atoms with Crippen LogP contribution >= 0.6 is 0 Å². The second kappa shape index (κ2) is 12.1. The highest BCUT2D eigenvalue weighted by atomic mass is 16.3. The highest BCUT2D eigenvalue weighted by Gasteiger charge is 2.37. The quantitative estimate of drug-likeness (QED) is 0.177. The van der Waals surface area contributed by atoms with Crippen molar-refractivity contribution in [3.63, 3.8) is 0 Å². The summed E-state index contributed by atoms with van der Waals surface area (Å²) >= 11 is 0. The summed E-state index contributed by atoms with van der Waals surface area (Å²) in [7, 11) is 0. The molecular formula is C53H37NO. The van der Waals surface area contributed by atoms with E-state index in [2.05, 4.69) is 207 Å². The lowest BCUT2D eigenvalue weighted by atomic mass is 9.82. The van der Waals surface area contributed by atoms with Crippen LogP contribution < -0.4 is 4.90 Å². The fraction of sp³-hybridized carbons (Fsp3) is 0.0566. The molecule has 0 unspecified atom stereocenters. The molecule has 260 valence electrons. The highest BCUT2D eigenvalue weighted by Crippen LogP contribution is 2.54. The van der Waals surface area contributed by atoms with Gasteiger partial charge in [0.1, 0.15) is 11.2 Å². The van der Waals surface area contributed by atoms with Gasteiger partial charge in [-0.3, -0.25) is 0 Å². The van der Waals surface area contributed by atoms with Crippen molar-refractivity contribution in [1.29, 1.82) is 0 Å². The Kier molecular flexibility index (Phi) is 6.93. The Morgan fingerprint density at radius 1 is 0.418 bits per heavy atom. The molecule has 10 aromatic rings. The van der Waals surface area contributed by atoms with Crippen molar-refractivity contribution in [2.75, 3.05) is 4.90 Å². The van der Waals surface area contributed by atoms with Crippen LogP contribution in [-0.2, 0) is 5.41 Å². The molecule has 0 aliphatic heterocycles. The van der Waals surface area contributed by atoms with Crippen molar-refractivity contribution < 1.29 is 4.42 Å². The van der Waals surface area contributed by atoms with Gasteiger partial charge < -0.3 is 9.32 Å². The van der Waals surface area contributed by atoms with Crippen LogP contribution in [0.5, 0.6) is 0 Å². The van der Waals surface area contributed by atoms with Crippen LogP contribution in [0.25, 0.3) is 76.9 Å². The third-order valence-corrected chi connectivity index (χ3v) is 11.8. The molecule has 0 atom stereocenters. The number of fused-ring (bicyclic) bond motifs is 8. The van der Waals surface area contributed by atoms with Crippen LogP contribution in [0.1, 0.15) is 25.0 Å². The zero-order valence-electron chi connectivity index (χ0n) is 30.8. The van der Waals surface area contributed by atoms with E-state index in [0.717, 1.165) is 38.9 Å². The Hall–Kier alpha value is -6.90. The average Bonchev–Trinajstić information content (AvgIpc) is 3.72. The summed E-state index contributed by atoms with van der Waals surface area (Å²) in [6.07, 6.45) is 0. The van der Waals surface area contributed by atoms with E-state index in [-0.39, 0.29) is 5.41 Å². The Morgan fingerprint density at radius 3 is 1.76 bits per heavy atom. The minimum absolute atomic E-state index is 0.102. The fourth-order valence-corrected chi connectivity index (χ4v) is 9.06. The van der Waals surface area contributed by atoms with Gasteiger partial charge in [0, 0.05) is 33.1 Å². The maximum atomic E-state index is 6.44. The van der Waals surface area contributed by atoms with Gasteiger partial charge in [0.25, 0.3) is 0 Å². The minimum atomic E-state index is -0.102. The Bertz CT molecular complexity index is 3110. The predicted octanol–water partition coefficient (Wildman–Crippen LogP) is 15.0. The van der Waals surface area contributed by atoms with Gasteiger partial charge in [-0.05, 0) is 115 Å². The monoisotopic (exact) mass is 703 g/mol. The normalized spacial score (nSPS) is 13.1. The first-order chi connectivity index (χ1) is 27.0. The largest absolute Gasteiger partial charge is 0.456 e. The number of benzene rings is 9. The molecule has 1 aliphatic rings. The number of hydrogen-bond acceptors (Lipinski definition) is 2. The topological polar surface area (TPSA) is 16.4 Å². The highest BCUT2D eigenvalue weighted by molar-refractivity contribution is 6.15. The molecule has 1 aliphatic carbocycles. The van der Waals surface area contributed by atoms with Gasteiger partial charge in [0.05, 0.1) is 5.69 Å². The molecule has 55 heavy (non-hydrogen) atoms. The van der Waals surface area contributed by atoms with E-state index in [1.807, 2.05) is 0 Å². The second-order valence-electron chi connectivity index (χ2n) is 15.3. The van der Waals surface area contributed by atoms with Crippen LogP contribution in [0.3, 0.4) is 0 Å². The lowest BCUT2D eigenvalue weighted by molar-refractivity contribution is 0.660. The van der Waals surface area contributed by atoms with Crippen LogP contribution in [0.4, 0.5) is 17.1 Å². The first-order valence-electron chi connectivity index (χ1n) is 19.1. The number of hydrogen-bond donors (Lipinski definition) is 0. The van der Waals surface area contributed by atoms with Crippen LogP contribution in [-0.4, -0.2) is 0 Å². The van der Waals surface area contributed by atoms with Crippen molar-refractivity contribution in [2.45, 2.75) is 19.3 Å². The van der Waals surface area contributed by atoms with Gasteiger partial charge in [-0.15, -0.1) is 0 Å². The molecule has 0 spiro atoms. The number of furan rings is 1. The van der Waals surface area contributed by atoms with Crippen molar-refractivity contribution in [3.8, 4) is 33.4 Å². The molecule has 9 aromatic carbocycles. The molecule has 0 fully saturated rings. The molecule has 0 amide bonds. The van der Waals surface area contributed by atoms with Gasteiger partial charge in [-0.1, -0.05) is 147 Å². The minimum Gasteiger partial charge on any atom is -0.456 e. The zero-order chi connectivity index (χ0) is 36.7. The van der Waals surface area contributed by atoms with E-state index in [9.17, 15) is 0 Å². The van der Waals surface area contributed by atoms with Crippen molar-refractivity contribution in [1.82, 2.24) is 0 Å².